The number of nitriles is 1. The largest absolute Gasteiger partial charge is 0.362 e. The lowest BCUT2D eigenvalue weighted by atomic mass is 9.94. The smallest absolute Gasteiger partial charge is 0.134 e. The van der Waals surface area contributed by atoms with Crippen molar-refractivity contribution in [3.8, 4) is 6.07 Å². The Balaban J connectivity index is 1.46. The predicted octanol–water partition coefficient (Wildman–Crippen LogP) is 3.71. The molecule has 26 heavy (non-hydrogen) atoms. The number of rotatable bonds is 1. The van der Waals surface area contributed by atoms with Gasteiger partial charge in [0, 0.05) is 43.4 Å². The molecule has 0 unspecified atom stereocenters. The maximum absolute atomic E-state index is 13.9. The SMILES string of the molecule is N#Cc1ccc(C(=S)N2CCC3(CC2)N=Cc2c(F)cccc2N3)cc1. The molecule has 2 heterocycles. The Hall–Kier alpha value is -2.78. The molecule has 0 amide bonds. The van der Waals surface area contributed by atoms with Gasteiger partial charge in [-0.05, 0) is 24.3 Å². The van der Waals surface area contributed by atoms with Gasteiger partial charge in [-0.15, -0.1) is 0 Å². The van der Waals surface area contributed by atoms with E-state index >= 15 is 0 Å². The Morgan fingerprint density at radius 1 is 1.19 bits per heavy atom. The van der Waals surface area contributed by atoms with Crippen molar-refractivity contribution in [2.24, 2.45) is 4.99 Å². The summed E-state index contributed by atoms with van der Waals surface area (Å²) in [5.41, 5.74) is 2.50. The molecule has 6 heteroatoms. The molecule has 2 aliphatic rings. The number of nitrogens with one attached hydrogen (secondary N) is 1. The zero-order valence-electron chi connectivity index (χ0n) is 14.1. The third-order valence-electron chi connectivity index (χ3n) is 5.00. The molecular formula is C20H17FN4S. The monoisotopic (exact) mass is 364 g/mol. The number of halogens is 1. The number of fused-ring (bicyclic) bond motifs is 1. The van der Waals surface area contributed by atoms with E-state index in [9.17, 15) is 4.39 Å². The molecule has 0 atom stereocenters. The Labute approximate surface area is 157 Å². The third-order valence-corrected chi connectivity index (χ3v) is 5.49. The number of hydrogen-bond acceptors (Lipinski definition) is 4. The number of piperidine rings is 1. The van der Waals surface area contributed by atoms with E-state index in [0.717, 1.165) is 42.2 Å². The van der Waals surface area contributed by atoms with E-state index in [0.29, 0.717) is 11.1 Å². The summed E-state index contributed by atoms with van der Waals surface area (Å²) in [4.78, 5) is 7.58. The van der Waals surface area contributed by atoms with E-state index in [1.807, 2.05) is 18.2 Å². The molecule has 130 valence electrons. The summed E-state index contributed by atoms with van der Waals surface area (Å²) in [6.07, 6.45) is 3.22. The fraction of sp³-hybridized carbons (Fsp3) is 0.250. The normalized spacial score (nSPS) is 17.3. The van der Waals surface area contributed by atoms with Crippen molar-refractivity contribution in [1.29, 1.82) is 5.26 Å². The lowest BCUT2D eigenvalue weighted by Crippen LogP contribution is -2.50. The molecule has 0 saturated carbocycles. The molecule has 1 saturated heterocycles. The molecule has 0 aliphatic carbocycles. The van der Waals surface area contributed by atoms with Gasteiger partial charge >= 0.3 is 0 Å². The summed E-state index contributed by atoms with van der Waals surface area (Å²) in [6, 6.07) is 14.5. The second-order valence-electron chi connectivity index (χ2n) is 6.60. The van der Waals surface area contributed by atoms with E-state index < -0.39 is 5.66 Å². The lowest BCUT2D eigenvalue weighted by Gasteiger charge is -2.43. The number of hydrogen-bond donors (Lipinski definition) is 1. The fourth-order valence-corrected chi connectivity index (χ4v) is 3.77. The first-order valence-corrected chi connectivity index (χ1v) is 8.92. The van der Waals surface area contributed by atoms with Crippen molar-refractivity contribution in [2.75, 3.05) is 18.4 Å². The van der Waals surface area contributed by atoms with Crippen LogP contribution in [0, 0.1) is 17.1 Å². The third kappa shape index (κ3) is 2.95. The zero-order valence-corrected chi connectivity index (χ0v) is 14.9. The van der Waals surface area contributed by atoms with Crippen LogP contribution in [-0.2, 0) is 0 Å². The zero-order chi connectivity index (χ0) is 18.1. The minimum absolute atomic E-state index is 0.256. The van der Waals surface area contributed by atoms with E-state index in [-0.39, 0.29) is 5.82 Å². The Kier molecular flexibility index (Phi) is 4.17. The van der Waals surface area contributed by atoms with Crippen LogP contribution in [0.25, 0.3) is 0 Å². The van der Waals surface area contributed by atoms with Gasteiger partial charge in [-0.2, -0.15) is 5.26 Å². The van der Waals surface area contributed by atoms with Crippen LogP contribution in [0.15, 0.2) is 47.5 Å². The average Bonchev–Trinajstić information content (AvgIpc) is 2.68. The van der Waals surface area contributed by atoms with Crippen molar-refractivity contribution in [1.82, 2.24) is 4.90 Å². The first-order valence-electron chi connectivity index (χ1n) is 8.52. The summed E-state index contributed by atoms with van der Waals surface area (Å²) in [5, 5.41) is 12.3. The highest BCUT2D eigenvalue weighted by Gasteiger charge is 2.37. The van der Waals surface area contributed by atoms with Gasteiger partial charge in [-0.3, -0.25) is 4.99 Å². The van der Waals surface area contributed by atoms with Crippen LogP contribution in [0.5, 0.6) is 0 Å². The maximum Gasteiger partial charge on any atom is 0.134 e. The van der Waals surface area contributed by atoms with Crippen molar-refractivity contribution in [3.63, 3.8) is 0 Å². The molecule has 2 aromatic rings. The van der Waals surface area contributed by atoms with Gasteiger partial charge < -0.3 is 10.2 Å². The molecule has 1 fully saturated rings. The first kappa shape index (κ1) is 16.7. The second kappa shape index (κ2) is 6.50. The van der Waals surface area contributed by atoms with E-state index in [1.165, 1.54) is 6.07 Å². The quantitative estimate of drug-likeness (QED) is 0.784. The van der Waals surface area contributed by atoms with Gasteiger partial charge in [0.25, 0.3) is 0 Å². The molecule has 0 aromatic heterocycles. The van der Waals surface area contributed by atoms with Gasteiger partial charge in [0.05, 0.1) is 17.2 Å². The molecule has 0 radical (unpaired) electrons. The van der Waals surface area contributed by atoms with Crippen LogP contribution in [0.2, 0.25) is 0 Å². The summed E-state index contributed by atoms with van der Waals surface area (Å²) in [5.74, 6) is -0.256. The van der Waals surface area contributed by atoms with Crippen molar-refractivity contribution >= 4 is 29.1 Å². The van der Waals surface area contributed by atoms with E-state index in [2.05, 4.69) is 21.3 Å². The maximum atomic E-state index is 13.9. The molecule has 2 aromatic carbocycles. The average molecular weight is 364 g/mol. The minimum Gasteiger partial charge on any atom is -0.362 e. The van der Waals surface area contributed by atoms with Crippen LogP contribution in [0.1, 0.15) is 29.5 Å². The van der Waals surface area contributed by atoms with Gasteiger partial charge in [0.1, 0.15) is 16.5 Å². The highest BCUT2D eigenvalue weighted by atomic mass is 32.1. The highest BCUT2D eigenvalue weighted by molar-refractivity contribution is 7.80. The first-order chi connectivity index (χ1) is 12.6. The summed E-state index contributed by atoms with van der Waals surface area (Å²) in [6.45, 7) is 1.54. The van der Waals surface area contributed by atoms with Crippen molar-refractivity contribution < 1.29 is 4.39 Å². The summed E-state index contributed by atoms with van der Waals surface area (Å²) >= 11 is 5.62. The van der Waals surface area contributed by atoms with Crippen LogP contribution < -0.4 is 5.32 Å². The van der Waals surface area contributed by atoms with Crippen LogP contribution in [-0.4, -0.2) is 34.9 Å². The van der Waals surface area contributed by atoms with Crippen LogP contribution >= 0.6 is 12.2 Å². The molecule has 1 spiro atoms. The van der Waals surface area contributed by atoms with E-state index in [1.54, 1.807) is 24.4 Å². The number of likely N-dealkylation sites (tertiary alicyclic amines) is 1. The standard InChI is InChI=1S/C20H17FN4S/c21-17-2-1-3-18-16(17)13-23-20(24-18)8-10-25(11-9-20)19(26)15-6-4-14(12-22)5-7-15/h1-7,13,24H,8-11H2. The Morgan fingerprint density at radius 2 is 1.92 bits per heavy atom. The highest BCUT2D eigenvalue weighted by Crippen LogP contribution is 2.34. The predicted molar refractivity (Wildman–Crippen MR) is 104 cm³/mol. The van der Waals surface area contributed by atoms with Gasteiger partial charge in [0.2, 0.25) is 0 Å². The van der Waals surface area contributed by atoms with Crippen molar-refractivity contribution in [3.05, 3.63) is 65.0 Å². The van der Waals surface area contributed by atoms with E-state index in [4.69, 9.17) is 17.5 Å². The molecule has 4 rings (SSSR count). The number of nitrogens with zero attached hydrogens (tertiary/aromatic N) is 3. The Morgan fingerprint density at radius 3 is 2.62 bits per heavy atom. The summed E-state index contributed by atoms with van der Waals surface area (Å²) < 4.78 is 13.9. The molecule has 4 nitrogen and oxygen atoms in total. The molecular weight excluding hydrogens is 347 g/mol. The van der Waals surface area contributed by atoms with Crippen LogP contribution in [0.3, 0.4) is 0 Å². The second-order valence-corrected chi connectivity index (χ2v) is 6.98. The number of thiocarbonyl (C=S) groups is 1. The molecule has 0 bridgehead atoms. The topological polar surface area (TPSA) is 51.4 Å². The number of anilines is 1. The number of aliphatic imine (C=N–C) groups is 1. The van der Waals surface area contributed by atoms with Crippen LogP contribution in [0.4, 0.5) is 10.1 Å². The van der Waals surface area contributed by atoms with Gasteiger partial charge in [0.15, 0.2) is 0 Å². The minimum atomic E-state index is -0.391. The van der Waals surface area contributed by atoms with Gasteiger partial charge in [-0.25, -0.2) is 4.39 Å². The van der Waals surface area contributed by atoms with Crippen molar-refractivity contribution in [2.45, 2.75) is 18.5 Å². The Bertz CT molecular complexity index is 922. The molecule has 2 aliphatic heterocycles. The fourth-order valence-electron chi connectivity index (χ4n) is 3.45. The molecule has 1 N–H and O–H groups in total. The summed E-state index contributed by atoms with van der Waals surface area (Å²) in [7, 11) is 0. The number of benzene rings is 2. The lowest BCUT2D eigenvalue weighted by molar-refractivity contribution is 0.256. The van der Waals surface area contributed by atoms with Gasteiger partial charge in [-0.1, -0.05) is 30.4 Å².